The number of amides is 1. The third-order valence-electron chi connectivity index (χ3n) is 3.25. The minimum atomic E-state index is -0.997. The standard InChI is InChI=1S/C17H15BrFNO3/c1-11(16(21)20(2)13-6-4-3-5-7-13)23-17(22)14-10-12(19)8-9-15(14)18/h3-11H,1-2H3/t11-/m0/s1. The number of carbonyl (C=O) groups excluding carboxylic acids is 2. The Bertz CT molecular complexity index is 721. The molecule has 0 fully saturated rings. The van der Waals surface area contributed by atoms with Crippen LogP contribution in [0.2, 0.25) is 0 Å². The van der Waals surface area contributed by atoms with Crippen LogP contribution in [0.3, 0.4) is 0 Å². The van der Waals surface area contributed by atoms with Gasteiger partial charge in [0.25, 0.3) is 5.91 Å². The number of hydrogen-bond donors (Lipinski definition) is 0. The summed E-state index contributed by atoms with van der Waals surface area (Å²) in [7, 11) is 1.60. The molecule has 2 aromatic carbocycles. The number of esters is 1. The molecule has 0 radical (unpaired) electrons. The second-order valence-electron chi connectivity index (χ2n) is 4.90. The fourth-order valence-electron chi connectivity index (χ4n) is 1.98. The van der Waals surface area contributed by atoms with Crippen molar-refractivity contribution in [2.45, 2.75) is 13.0 Å². The highest BCUT2D eigenvalue weighted by Gasteiger charge is 2.24. The van der Waals surface area contributed by atoms with Gasteiger partial charge in [-0.1, -0.05) is 18.2 Å². The Morgan fingerprint density at radius 3 is 2.48 bits per heavy atom. The van der Waals surface area contributed by atoms with Gasteiger partial charge in [-0.25, -0.2) is 9.18 Å². The maximum Gasteiger partial charge on any atom is 0.340 e. The smallest absolute Gasteiger partial charge is 0.340 e. The van der Waals surface area contributed by atoms with Gasteiger partial charge in [0.15, 0.2) is 6.10 Å². The Balaban J connectivity index is 2.09. The predicted octanol–water partition coefficient (Wildman–Crippen LogP) is 3.80. The molecule has 0 aromatic heterocycles. The molecule has 0 heterocycles. The summed E-state index contributed by atoms with van der Waals surface area (Å²) in [4.78, 5) is 25.8. The number of likely N-dealkylation sites (N-methyl/N-ethyl adjacent to an activating group) is 1. The van der Waals surface area contributed by atoms with Crippen LogP contribution < -0.4 is 4.90 Å². The van der Waals surface area contributed by atoms with Crippen LogP contribution in [0.5, 0.6) is 0 Å². The normalized spacial score (nSPS) is 11.7. The van der Waals surface area contributed by atoms with E-state index in [0.717, 1.165) is 6.07 Å². The molecular formula is C17H15BrFNO3. The van der Waals surface area contributed by atoms with Crippen LogP contribution in [0.1, 0.15) is 17.3 Å². The number of anilines is 1. The van der Waals surface area contributed by atoms with Gasteiger partial charge in [-0.05, 0) is 53.2 Å². The third-order valence-corrected chi connectivity index (χ3v) is 3.95. The van der Waals surface area contributed by atoms with Crippen molar-refractivity contribution in [1.29, 1.82) is 0 Å². The molecule has 0 aliphatic heterocycles. The van der Waals surface area contributed by atoms with Crippen molar-refractivity contribution < 1.29 is 18.7 Å². The van der Waals surface area contributed by atoms with Gasteiger partial charge in [-0.3, -0.25) is 4.79 Å². The van der Waals surface area contributed by atoms with Gasteiger partial charge in [0.1, 0.15) is 5.82 Å². The number of rotatable bonds is 4. The predicted molar refractivity (Wildman–Crippen MR) is 88.8 cm³/mol. The van der Waals surface area contributed by atoms with Crippen LogP contribution in [-0.2, 0) is 9.53 Å². The number of halogens is 2. The van der Waals surface area contributed by atoms with E-state index < -0.39 is 17.9 Å². The number of benzene rings is 2. The zero-order chi connectivity index (χ0) is 17.0. The molecule has 0 bridgehead atoms. The monoisotopic (exact) mass is 379 g/mol. The summed E-state index contributed by atoms with van der Waals surface area (Å²) in [5.41, 5.74) is 0.722. The number of para-hydroxylation sites is 1. The number of carbonyl (C=O) groups is 2. The van der Waals surface area contributed by atoms with E-state index in [1.807, 2.05) is 6.07 Å². The molecule has 0 saturated carbocycles. The lowest BCUT2D eigenvalue weighted by Gasteiger charge is -2.21. The van der Waals surface area contributed by atoms with Crippen molar-refractivity contribution in [3.05, 3.63) is 64.4 Å². The van der Waals surface area contributed by atoms with Gasteiger partial charge in [-0.15, -0.1) is 0 Å². The quantitative estimate of drug-likeness (QED) is 0.759. The van der Waals surface area contributed by atoms with Crippen molar-refractivity contribution in [1.82, 2.24) is 0 Å². The second kappa shape index (κ2) is 7.37. The van der Waals surface area contributed by atoms with Gasteiger partial charge >= 0.3 is 5.97 Å². The van der Waals surface area contributed by atoms with Crippen molar-refractivity contribution in [3.63, 3.8) is 0 Å². The molecule has 0 aliphatic rings. The summed E-state index contributed by atoms with van der Waals surface area (Å²) in [6, 6.07) is 12.7. The first kappa shape index (κ1) is 17.1. The lowest BCUT2D eigenvalue weighted by Crippen LogP contribution is -2.37. The maximum absolute atomic E-state index is 13.2. The van der Waals surface area contributed by atoms with E-state index in [1.54, 1.807) is 31.3 Å². The second-order valence-corrected chi connectivity index (χ2v) is 5.76. The first-order valence-electron chi connectivity index (χ1n) is 6.89. The fraction of sp³-hybridized carbons (Fsp3) is 0.176. The van der Waals surface area contributed by atoms with Crippen LogP contribution in [0.15, 0.2) is 53.0 Å². The minimum absolute atomic E-state index is 0.0343. The summed E-state index contributed by atoms with van der Waals surface area (Å²) < 4.78 is 18.8. The molecule has 120 valence electrons. The van der Waals surface area contributed by atoms with E-state index in [-0.39, 0.29) is 11.5 Å². The van der Waals surface area contributed by atoms with Gasteiger partial charge < -0.3 is 9.64 Å². The fourth-order valence-corrected chi connectivity index (χ4v) is 2.39. The highest BCUT2D eigenvalue weighted by atomic mass is 79.9. The van der Waals surface area contributed by atoms with E-state index in [1.165, 1.54) is 24.0 Å². The lowest BCUT2D eigenvalue weighted by molar-refractivity contribution is -0.126. The van der Waals surface area contributed by atoms with Gasteiger partial charge in [0.2, 0.25) is 0 Å². The molecule has 0 N–H and O–H groups in total. The highest BCUT2D eigenvalue weighted by molar-refractivity contribution is 9.10. The summed E-state index contributed by atoms with van der Waals surface area (Å²) in [6.45, 7) is 1.48. The molecule has 0 spiro atoms. The lowest BCUT2D eigenvalue weighted by atomic mass is 10.2. The largest absolute Gasteiger partial charge is 0.449 e. The Morgan fingerprint density at radius 1 is 1.17 bits per heavy atom. The SMILES string of the molecule is C[C@H](OC(=O)c1cc(F)ccc1Br)C(=O)N(C)c1ccccc1. The highest BCUT2D eigenvalue weighted by Crippen LogP contribution is 2.20. The first-order valence-corrected chi connectivity index (χ1v) is 7.68. The average Bonchev–Trinajstić information content (AvgIpc) is 2.56. The Hall–Kier alpha value is -2.21. The van der Waals surface area contributed by atoms with Crippen LogP contribution in [0.4, 0.5) is 10.1 Å². The van der Waals surface area contributed by atoms with E-state index >= 15 is 0 Å². The number of nitrogens with zero attached hydrogens (tertiary/aromatic N) is 1. The zero-order valence-electron chi connectivity index (χ0n) is 12.6. The van der Waals surface area contributed by atoms with E-state index in [2.05, 4.69) is 15.9 Å². The molecular weight excluding hydrogens is 365 g/mol. The van der Waals surface area contributed by atoms with Gasteiger partial charge in [-0.2, -0.15) is 0 Å². The summed E-state index contributed by atoms with van der Waals surface area (Å²) in [5.74, 6) is -1.70. The average molecular weight is 380 g/mol. The van der Waals surface area contributed by atoms with Crippen molar-refractivity contribution in [3.8, 4) is 0 Å². The van der Waals surface area contributed by atoms with E-state index in [4.69, 9.17) is 4.74 Å². The van der Waals surface area contributed by atoms with Crippen LogP contribution in [-0.4, -0.2) is 25.0 Å². The topological polar surface area (TPSA) is 46.6 Å². The molecule has 2 rings (SSSR count). The van der Waals surface area contributed by atoms with Gasteiger partial charge in [0.05, 0.1) is 5.56 Å². The molecule has 4 nitrogen and oxygen atoms in total. The molecule has 0 saturated heterocycles. The first-order chi connectivity index (χ1) is 10.9. The number of ether oxygens (including phenoxy) is 1. The van der Waals surface area contributed by atoms with Crippen molar-refractivity contribution in [2.75, 3.05) is 11.9 Å². The summed E-state index contributed by atoms with van der Waals surface area (Å²) in [6.07, 6.45) is -0.997. The molecule has 0 unspecified atom stereocenters. The zero-order valence-corrected chi connectivity index (χ0v) is 14.2. The minimum Gasteiger partial charge on any atom is -0.449 e. The number of hydrogen-bond acceptors (Lipinski definition) is 3. The molecule has 1 atom stereocenters. The Morgan fingerprint density at radius 2 is 1.83 bits per heavy atom. The molecule has 0 aliphatic carbocycles. The Labute approximate surface area is 142 Å². The van der Waals surface area contributed by atoms with Crippen LogP contribution in [0.25, 0.3) is 0 Å². The molecule has 6 heteroatoms. The summed E-state index contributed by atoms with van der Waals surface area (Å²) >= 11 is 3.16. The van der Waals surface area contributed by atoms with Crippen LogP contribution in [0, 0.1) is 5.82 Å². The Kier molecular flexibility index (Phi) is 5.50. The molecule has 1 amide bonds. The van der Waals surface area contributed by atoms with Crippen molar-refractivity contribution in [2.24, 2.45) is 0 Å². The van der Waals surface area contributed by atoms with Crippen LogP contribution >= 0.6 is 15.9 Å². The van der Waals surface area contributed by atoms with E-state index in [9.17, 15) is 14.0 Å². The van der Waals surface area contributed by atoms with Crippen molar-refractivity contribution >= 4 is 33.5 Å². The molecule has 2 aromatic rings. The third kappa shape index (κ3) is 4.16. The summed E-state index contributed by atoms with van der Waals surface area (Å²) in [5, 5.41) is 0. The maximum atomic E-state index is 13.2. The molecule has 23 heavy (non-hydrogen) atoms. The van der Waals surface area contributed by atoms with E-state index in [0.29, 0.717) is 10.2 Å². The van der Waals surface area contributed by atoms with Gasteiger partial charge in [0, 0.05) is 17.2 Å².